The molecule has 0 aliphatic rings. The number of hydrogen-bond acceptors (Lipinski definition) is 2. The molecule has 2 rings (SSSR count). The highest BCUT2D eigenvalue weighted by atomic mass is 15.3. The van der Waals surface area contributed by atoms with E-state index >= 15 is 0 Å². The van der Waals surface area contributed by atoms with Gasteiger partial charge in [-0.1, -0.05) is 13.8 Å². The van der Waals surface area contributed by atoms with Gasteiger partial charge in [0.2, 0.25) is 0 Å². The summed E-state index contributed by atoms with van der Waals surface area (Å²) in [5.41, 5.74) is 4.96. The number of rotatable bonds is 7. The quantitative estimate of drug-likeness (QED) is 0.604. The Morgan fingerprint density at radius 2 is 1.96 bits per heavy atom. The van der Waals surface area contributed by atoms with Crippen LogP contribution in [0.15, 0.2) is 23.5 Å². The van der Waals surface area contributed by atoms with E-state index in [0.29, 0.717) is 6.54 Å². The van der Waals surface area contributed by atoms with Crippen molar-refractivity contribution >= 4 is 5.96 Å². The van der Waals surface area contributed by atoms with Crippen molar-refractivity contribution < 1.29 is 0 Å². The van der Waals surface area contributed by atoms with E-state index in [0.717, 1.165) is 31.9 Å². The topological polar surface area (TPSA) is 59.2 Å². The molecule has 2 heterocycles. The molecular formula is C18H30N6. The largest absolute Gasteiger partial charge is 0.357 e. The molecule has 0 saturated heterocycles. The second-order valence-electron chi connectivity index (χ2n) is 5.94. The molecule has 0 aromatic carbocycles. The van der Waals surface area contributed by atoms with Gasteiger partial charge in [0.15, 0.2) is 5.96 Å². The Hall–Kier alpha value is -2.24. The summed E-state index contributed by atoms with van der Waals surface area (Å²) < 4.78 is 4.05. The fourth-order valence-electron chi connectivity index (χ4n) is 2.93. The monoisotopic (exact) mass is 330 g/mol. The van der Waals surface area contributed by atoms with Gasteiger partial charge in [-0.15, -0.1) is 0 Å². The Labute approximate surface area is 145 Å². The van der Waals surface area contributed by atoms with Crippen molar-refractivity contribution in [1.29, 1.82) is 0 Å². The molecule has 2 aromatic heterocycles. The van der Waals surface area contributed by atoms with E-state index in [1.807, 2.05) is 29.5 Å². The fourth-order valence-corrected chi connectivity index (χ4v) is 2.93. The number of guanidine groups is 1. The lowest BCUT2D eigenvalue weighted by Crippen LogP contribution is -2.37. The first-order valence-corrected chi connectivity index (χ1v) is 8.75. The Balaban J connectivity index is 2.08. The molecule has 0 spiro atoms. The van der Waals surface area contributed by atoms with Crippen LogP contribution in [0.4, 0.5) is 0 Å². The normalized spacial score (nSPS) is 11.8. The summed E-state index contributed by atoms with van der Waals surface area (Å²) >= 11 is 0. The van der Waals surface area contributed by atoms with Crippen LogP contribution in [0, 0.1) is 0 Å². The van der Waals surface area contributed by atoms with Crippen LogP contribution in [0.3, 0.4) is 0 Å². The van der Waals surface area contributed by atoms with Crippen LogP contribution in [0.25, 0.3) is 0 Å². The lowest BCUT2D eigenvalue weighted by Gasteiger charge is -2.12. The summed E-state index contributed by atoms with van der Waals surface area (Å²) in [6, 6.07) is 2.10. The van der Waals surface area contributed by atoms with E-state index in [2.05, 4.69) is 53.8 Å². The minimum Gasteiger partial charge on any atom is -0.357 e. The highest BCUT2D eigenvalue weighted by molar-refractivity contribution is 5.79. The van der Waals surface area contributed by atoms with E-state index in [1.165, 1.54) is 22.5 Å². The molecule has 0 aliphatic heterocycles. The zero-order valence-electron chi connectivity index (χ0n) is 15.6. The van der Waals surface area contributed by atoms with Gasteiger partial charge < -0.3 is 15.2 Å². The zero-order chi connectivity index (χ0) is 17.5. The van der Waals surface area contributed by atoms with E-state index < -0.39 is 0 Å². The van der Waals surface area contributed by atoms with Gasteiger partial charge in [-0.2, -0.15) is 5.10 Å². The number of nitrogens with one attached hydrogen (secondary N) is 2. The summed E-state index contributed by atoms with van der Waals surface area (Å²) in [6.07, 6.45) is 6.07. The second-order valence-corrected chi connectivity index (χ2v) is 5.94. The molecule has 0 fully saturated rings. The third-order valence-electron chi connectivity index (χ3n) is 4.12. The second kappa shape index (κ2) is 8.57. The van der Waals surface area contributed by atoms with Gasteiger partial charge in [-0.3, -0.25) is 4.68 Å². The molecule has 24 heavy (non-hydrogen) atoms. The molecular weight excluding hydrogens is 300 g/mol. The minimum atomic E-state index is 0.671. The Bertz CT molecular complexity index is 680. The van der Waals surface area contributed by atoms with Crippen molar-refractivity contribution in [2.24, 2.45) is 19.1 Å². The molecule has 2 aromatic rings. The highest BCUT2D eigenvalue weighted by Gasteiger charge is 2.13. The first-order valence-electron chi connectivity index (χ1n) is 8.75. The molecule has 6 nitrogen and oxygen atoms in total. The predicted octanol–water partition coefficient (Wildman–Crippen LogP) is 2.14. The molecule has 2 N–H and O–H groups in total. The summed E-state index contributed by atoms with van der Waals surface area (Å²) in [7, 11) is 4.05. The minimum absolute atomic E-state index is 0.671. The number of aromatic nitrogens is 3. The van der Waals surface area contributed by atoms with Gasteiger partial charge in [0.05, 0.1) is 12.2 Å². The summed E-state index contributed by atoms with van der Waals surface area (Å²) in [4.78, 5) is 4.68. The SMILES string of the molecule is CCNC(=NCc1ccn(C)c1)NCc1c(CC)nn(C)c1CC. The van der Waals surface area contributed by atoms with E-state index in [4.69, 9.17) is 0 Å². The first kappa shape index (κ1) is 18.1. The lowest BCUT2D eigenvalue weighted by atomic mass is 10.1. The lowest BCUT2D eigenvalue weighted by molar-refractivity contribution is 0.702. The standard InChI is InChI=1S/C18H30N6/c1-6-16-15(17(7-2)24(5)22-16)12-21-18(19-8-3)20-11-14-9-10-23(4)13-14/h9-10,13H,6-8,11-12H2,1-5H3,(H2,19,20,21). The summed E-state index contributed by atoms with van der Waals surface area (Å²) in [5, 5.41) is 11.4. The van der Waals surface area contributed by atoms with Crippen molar-refractivity contribution in [3.05, 3.63) is 41.0 Å². The Morgan fingerprint density at radius 1 is 1.17 bits per heavy atom. The first-order chi connectivity index (χ1) is 11.6. The Morgan fingerprint density at radius 3 is 2.54 bits per heavy atom. The molecule has 0 unspecified atom stereocenters. The average Bonchev–Trinajstić information content (AvgIpc) is 3.12. The summed E-state index contributed by atoms with van der Waals surface area (Å²) in [6.45, 7) is 8.67. The van der Waals surface area contributed by atoms with E-state index in [9.17, 15) is 0 Å². The molecule has 0 aliphatic carbocycles. The van der Waals surface area contributed by atoms with Gasteiger partial charge in [0, 0.05) is 50.8 Å². The smallest absolute Gasteiger partial charge is 0.191 e. The third kappa shape index (κ3) is 4.40. The zero-order valence-corrected chi connectivity index (χ0v) is 15.6. The van der Waals surface area contributed by atoms with Gasteiger partial charge in [-0.25, -0.2) is 4.99 Å². The van der Waals surface area contributed by atoms with Crippen LogP contribution >= 0.6 is 0 Å². The molecule has 132 valence electrons. The van der Waals surface area contributed by atoms with Crippen LogP contribution in [0.5, 0.6) is 0 Å². The van der Waals surface area contributed by atoms with E-state index in [-0.39, 0.29) is 0 Å². The number of aliphatic imine (C=N–C) groups is 1. The van der Waals surface area contributed by atoms with Gasteiger partial charge in [0.25, 0.3) is 0 Å². The molecule has 0 atom stereocenters. The fraction of sp³-hybridized carbons (Fsp3) is 0.556. The van der Waals surface area contributed by atoms with E-state index in [1.54, 1.807) is 0 Å². The number of hydrogen-bond donors (Lipinski definition) is 2. The van der Waals surface area contributed by atoms with Crippen LogP contribution in [-0.4, -0.2) is 26.9 Å². The van der Waals surface area contributed by atoms with Gasteiger partial charge in [-0.05, 0) is 31.4 Å². The predicted molar refractivity (Wildman–Crippen MR) is 99.0 cm³/mol. The molecule has 6 heteroatoms. The molecule has 0 amide bonds. The maximum atomic E-state index is 4.68. The highest BCUT2D eigenvalue weighted by Crippen LogP contribution is 2.15. The molecule has 0 radical (unpaired) electrons. The maximum absolute atomic E-state index is 4.68. The Kier molecular flexibility index (Phi) is 6.46. The van der Waals surface area contributed by atoms with Crippen molar-refractivity contribution in [3.8, 4) is 0 Å². The average molecular weight is 330 g/mol. The van der Waals surface area contributed by atoms with Crippen LogP contribution < -0.4 is 10.6 Å². The van der Waals surface area contributed by atoms with Crippen molar-refractivity contribution in [3.63, 3.8) is 0 Å². The number of aryl methyl sites for hydroxylation is 3. The van der Waals surface area contributed by atoms with Gasteiger partial charge in [0.1, 0.15) is 0 Å². The third-order valence-corrected chi connectivity index (χ3v) is 4.12. The van der Waals surface area contributed by atoms with Crippen LogP contribution in [0.1, 0.15) is 43.3 Å². The van der Waals surface area contributed by atoms with Crippen molar-refractivity contribution in [2.45, 2.75) is 46.7 Å². The number of nitrogens with zero attached hydrogens (tertiary/aromatic N) is 4. The summed E-state index contributed by atoms with van der Waals surface area (Å²) in [5.74, 6) is 0.842. The van der Waals surface area contributed by atoms with Crippen LogP contribution in [-0.2, 0) is 40.0 Å². The maximum Gasteiger partial charge on any atom is 0.191 e. The molecule has 0 saturated carbocycles. The van der Waals surface area contributed by atoms with Crippen molar-refractivity contribution in [1.82, 2.24) is 25.0 Å². The van der Waals surface area contributed by atoms with Gasteiger partial charge >= 0.3 is 0 Å². The molecule has 0 bridgehead atoms. The van der Waals surface area contributed by atoms with Crippen molar-refractivity contribution in [2.75, 3.05) is 6.54 Å². The van der Waals surface area contributed by atoms with Crippen LogP contribution in [0.2, 0.25) is 0 Å².